The van der Waals surface area contributed by atoms with E-state index >= 15 is 0 Å². The molecule has 2 aromatic rings. The maximum atomic E-state index is 12.9. The van der Waals surface area contributed by atoms with E-state index in [-0.39, 0.29) is 11.7 Å². The second kappa shape index (κ2) is 5.88. The Morgan fingerprint density at radius 3 is 2.74 bits per heavy atom. The minimum absolute atomic E-state index is 0.0838. The minimum Gasteiger partial charge on any atom is -0.320 e. The molecule has 1 amide bonds. The van der Waals surface area contributed by atoms with Gasteiger partial charge in [-0.2, -0.15) is 11.8 Å². The van der Waals surface area contributed by atoms with Crippen molar-refractivity contribution in [3.05, 3.63) is 36.4 Å². The molecule has 0 saturated heterocycles. The predicted octanol–water partition coefficient (Wildman–Crippen LogP) is 2.53. The highest BCUT2D eigenvalue weighted by Gasteiger charge is 2.13. The number of aromatic nitrogens is 2. The summed E-state index contributed by atoms with van der Waals surface area (Å²) >= 11 is 1.45. The fraction of sp³-hybridized carbons (Fsp3) is 0.231. The SMILES string of the molecule is CSCC(=O)Nc1c(-c2ccc(F)cc2)ncn1C. The number of nitrogens with one attached hydrogen (secondary N) is 1. The average molecular weight is 279 g/mol. The zero-order chi connectivity index (χ0) is 13.8. The zero-order valence-corrected chi connectivity index (χ0v) is 11.5. The van der Waals surface area contributed by atoms with Crippen molar-refractivity contribution in [3.8, 4) is 11.3 Å². The molecule has 0 fully saturated rings. The van der Waals surface area contributed by atoms with E-state index in [2.05, 4.69) is 10.3 Å². The molecule has 0 unspecified atom stereocenters. The smallest absolute Gasteiger partial charge is 0.235 e. The van der Waals surface area contributed by atoms with Crippen LogP contribution in [0.3, 0.4) is 0 Å². The Morgan fingerprint density at radius 1 is 1.42 bits per heavy atom. The Kier molecular flexibility index (Phi) is 4.21. The van der Waals surface area contributed by atoms with Crippen molar-refractivity contribution in [2.24, 2.45) is 7.05 Å². The van der Waals surface area contributed by atoms with E-state index in [0.29, 0.717) is 17.3 Å². The van der Waals surface area contributed by atoms with Crippen LogP contribution in [0.1, 0.15) is 0 Å². The molecule has 1 aromatic carbocycles. The summed E-state index contributed by atoms with van der Waals surface area (Å²) in [4.78, 5) is 15.9. The average Bonchev–Trinajstić information content (AvgIpc) is 2.73. The van der Waals surface area contributed by atoms with Crippen molar-refractivity contribution < 1.29 is 9.18 Å². The van der Waals surface area contributed by atoms with Crippen molar-refractivity contribution in [2.45, 2.75) is 0 Å². The normalized spacial score (nSPS) is 10.5. The molecule has 0 radical (unpaired) electrons. The van der Waals surface area contributed by atoms with Crippen LogP contribution >= 0.6 is 11.8 Å². The van der Waals surface area contributed by atoms with Crippen LogP contribution in [0.2, 0.25) is 0 Å². The van der Waals surface area contributed by atoms with E-state index in [9.17, 15) is 9.18 Å². The molecule has 100 valence electrons. The van der Waals surface area contributed by atoms with Gasteiger partial charge in [-0.05, 0) is 30.5 Å². The number of imidazole rings is 1. The number of anilines is 1. The number of carbonyl (C=O) groups excluding carboxylic acids is 1. The van der Waals surface area contributed by atoms with Crippen molar-refractivity contribution >= 4 is 23.5 Å². The van der Waals surface area contributed by atoms with Gasteiger partial charge in [-0.25, -0.2) is 9.37 Å². The second-order valence-electron chi connectivity index (χ2n) is 4.04. The quantitative estimate of drug-likeness (QED) is 0.935. The largest absolute Gasteiger partial charge is 0.320 e. The third kappa shape index (κ3) is 3.14. The molecule has 0 saturated carbocycles. The number of halogens is 1. The minimum atomic E-state index is -0.298. The van der Waals surface area contributed by atoms with Crippen molar-refractivity contribution in [1.82, 2.24) is 9.55 Å². The number of aryl methyl sites for hydroxylation is 1. The highest BCUT2D eigenvalue weighted by Crippen LogP contribution is 2.26. The maximum absolute atomic E-state index is 12.9. The highest BCUT2D eigenvalue weighted by molar-refractivity contribution is 7.99. The monoisotopic (exact) mass is 279 g/mol. The Balaban J connectivity index is 2.31. The van der Waals surface area contributed by atoms with E-state index < -0.39 is 0 Å². The van der Waals surface area contributed by atoms with Crippen LogP contribution in [0.25, 0.3) is 11.3 Å². The molecule has 4 nitrogen and oxygen atoms in total. The third-order valence-electron chi connectivity index (χ3n) is 2.59. The van der Waals surface area contributed by atoms with Gasteiger partial charge in [0.05, 0.1) is 12.1 Å². The molecular weight excluding hydrogens is 265 g/mol. The van der Waals surface area contributed by atoms with Crippen LogP contribution < -0.4 is 5.32 Å². The molecule has 0 atom stereocenters. The molecule has 0 aliphatic carbocycles. The number of hydrogen-bond acceptors (Lipinski definition) is 3. The number of nitrogens with zero attached hydrogens (tertiary/aromatic N) is 2. The van der Waals surface area contributed by atoms with E-state index in [1.807, 2.05) is 6.26 Å². The van der Waals surface area contributed by atoms with Gasteiger partial charge in [0, 0.05) is 12.6 Å². The summed E-state index contributed by atoms with van der Waals surface area (Å²) in [5, 5.41) is 2.82. The molecule has 1 heterocycles. The summed E-state index contributed by atoms with van der Waals surface area (Å²) < 4.78 is 14.7. The van der Waals surface area contributed by atoms with E-state index in [1.54, 1.807) is 30.1 Å². The first-order chi connectivity index (χ1) is 9.11. The maximum Gasteiger partial charge on any atom is 0.235 e. The molecule has 2 rings (SSSR count). The van der Waals surface area contributed by atoms with Gasteiger partial charge in [-0.1, -0.05) is 0 Å². The van der Waals surface area contributed by atoms with Gasteiger partial charge < -0.3 is 9.88 Å². The van der Waals surface area contributed by atoms with Gasteiger partial charge in [0.1, 0.15) is 17.3 Å². The molecule has 6 heteroatoms. The molecule has 0 aliphatic rings. The molecule has 0 spiro atoms. The number of benzene rings is 1. The third-order valence-corrected chi connectivity index (χ3v) is 3.14. The van der Waals surface area contributed by atoms with E-state index in [1.165, 1.54) is 23.9 Å². The molecule has 19 heavy (non-hydrogen) atoms. The number of amides is 1. The molecule has 1 aromatic heterocycles. The van der Waals surface area contributed by atoms with Gasteiger partial charge in [0.2, 0.25) is 5.91 Å². The summed E-state index contributed by atoms with van der Waals surface area (Å²) in [6, 6.07) is 6.03. The number of thioether (sulfide) groups is 1. The van der Waals surface area contributed by atoms with Gasteiger partial charge in [0.25, 0.3) is 0 Å². The van der Waals surface area contributed by atoms with Gasteiger partial charge in [-0.3, -0.25) is 4.79 Å². The van der Waals surface area contributed by atoms with Gasteiger partial charge in [-0.15, -0.1) is 0 Å². The first-order valence-electron chi connectivity index (χ1n) is 5.68. The van der Waals surface area contributed by atoms with Gasteiger partial charge in [0.15, 0.2) is 0 Å². The van der Waals surface area contributed by atoms with E-state index in [4.69, 9.17) is 0 Å². The Morgan fingerprint density at radius 2 is 2.11 bits per heavy atom. The molecular formula is C13H14FN3OS. The predicted molar refractivity (Wildman–Crippen MR) is 75.6 cm³/mol. The number of hydrogen-bond donors (Lipinski definition) is 1. The fourth-order valence-electron chi connectivity index (χ4n) is 1.70. The summed E-state index contributed by atoms with van der Waals surface area (Å²) in [7, 11) is 1.80. The first-order valence-corrected chi connectivity index (χ1v) is 7.07. The molecule has 1 N–H and O–H groups in total. The number of carbonyl (C=O) groups is 1. The van der Waals surface area contributed by atoms with Crippen molar-refractivity contribution in [2.75, 3.05) is 17.3 Å². The Bertz CT molecular complexity index is 580. The molecule has 0 aliphatic heterocycles. The lowest BCUT2D eigenvalue weighted by Crippen LogP contribution is -2.16. The standard InChI is InChI=1S/C13H14FN3OS/c1-17-8-15-12(9-3-5-10(14)6-4-9)13(17)16-11(18)7-19-2/h3-6,8H,7H2,1-2H3,(H,16,18). The number of rotatable bonds is 4. The Labute approximate surface area is 115 Å². The summed E-state index contributed by atoms with van der Waals surface area (Å²) in [5.74, 6) is 0.617. The first kappa shape index (κ1) is 13.6. The van der Waals surface area contributed by atoms with Crippen LogP contribution in [-0.4, -0.2) is 27.5 Å². The fourth-order valence-corrected chi connectivity index (χ4v) is 2.03. The van der Waals surface area contributed by atoms with Gasteiger partial charge >= 0.3 is 0 Å². The van der Waals surface area contributed by atoms with Crippen molar-refractivity contribution in [3.63, 3.8) is 0 Å². The van der Waals surface area contributed by atoms with E-state index in [0.717, 1.165) is 5.56 Å². The van der Waals surface area contributed by atoms with Crippen LogP contribution in [0.5, 0.6) is 0 Å². The summed E-state index contributed by atoms with van der Waals surface area (Å²) in [6.07, 6.45) is 3.48. The highest BCUT2D eigenvalue weighted by atomic mass is 32.2. The van der Waals surface area contributed by atoms with Crippen LogP contribution in [0.15, 0.2) is 30.6 Å². The lowest BCUT2D eigenvalue weighted by atomic mass is 10.1. The second-order valence-corrected chi connectivity index (χ2v) is 4.91. The topological polar surface area (TPSA) is 46.9 Å². The zero-order valence-electron chi connectivity index (χ0n) is 10.7. The van der Waals surface area contributed by atoms with Crippen molar-refractivity contribution in [1.29, 1.82) is 0 Å². The summed E-state index contributed by atoms with van der Waals surface area (Å²) in [6.45, 7) is 0. The van der Waals surface area contributed by atoms with Crippen LogP contribution in [-0.2, 0) is 11.8 Å². The van der Waals surface area contributed by atoms with Crippen LogP contribution in [0, 0.1) is 5.82 Å². The van der Waals surface area contributed by atoms with Crippen LogP contribution in [0.4, 0.5) is 10.2 Å². The Hall–Kier alpha value is -1.82. The lowest BCUT2D eigenvalue weighted by Gasteiger charge is -2.08. The summed E-state index contributed by atoms with van der Waals surface area (Å²) in [5.41, 5.74) is 1.40. The molecule has 0 bridgehead atoms. The lowest BCUT2D eigenvalue weighted by molar-refractivity contribution is -0.113.